The fourth-order valence-corrected chi connectivity index (χ4v) is 4.67. The van der Waals surface area contributed by atoms with Gasteiger partial charge >= 0.3 is 6.09 Å². The number of carbonyl (C=O) groups excluding carboxylic acids is 2. The van der Waals surface area contributed by atoms with E-state index in [2.05, 4.69) is 15.4 Å². The number of hydrogen-bond donors (Lipinski definition) is 3. The van der Waals surface area contributed by atoms with Crippen LogP contribution in [0.5, 0.6) is 0 Å². The van der Waals surface area contributed by atoms with E-state index >= 15 is 0 Å². The molecule has 2 fully saturated rings. The van der Waals surface area contributed by atoms with E-state index in [1.165, 1.54) is 7.11 Å². The van der Waals surface area contributed by atoms with Gasteiger partial charge in [-0.2, -0.15) is 5.10 Å². The lowest BCUT2D eigenvalue weighted by atomic mass is 10.00. The van der Waals surface area contributed by atoms with E-state index in [1.54, 1.807) is 13.8 Å². The largest absolute Gasteiger partial charge is 0.453 e. The molecule has 36 heavy (non-hydrogen) atoms. The maximum absolute atomic E-state index is 13.7. The van der Waals surface area contributed by atoms with Gasteiger partial charge in [-0.3, -0.25) is 4.79 Å². The summed E-state index contributed by atoms with van der Waals surface area (Å²) < 4.78 is 12.6. The van der Waals surface area contributed by atoms with Gasteiger partial charge in [0, 0.05) is 43.3 Å². The van der Waals surface area contributed by atoms with Crippen molar-refractivity contribution < 1.29 is 24.2 Å². The molecule has 2 aromatic rings. The van der Waals surface area contributed by atoms with Crippen LogP contribution in [0.2, 0.25) is 0 Å². The Bertz CT molecular complexity index is 1090. The Morgan fingerprint density at radius 2 is 2.11 bits per heavy atom. The van der Waals surface area contributed by atoms with Crippen molar-refractivity contribution in [2.24, 2.45) is 0 Å². The number of carbonyl (C=O) groups is 2. The van der Waals surface area contributed by atoms with E-state index in [0.29, 0.717) is 32.6 Å². The van der Waals surface area contributed by atoms with E-state index in [-0.39, 0.29) is 18.0 Å². The summed E-state index contributed by atoms with van der Waals surface area (Å²) in [4.78, 5) is 31.7. The molecular formula is C25H38N6O5. The number of nitrogens with zero attached hydrogens (tertiary/aromatic N) is 4. The van der Waals surface area contributed by atoms with Gasteiger partial charge in [-0.05, 0) is 59.1 Å². The zero-order valence-corrected chi connectivity index (χ0v) is 21.8. The van der Waals surface area contributed by atoms with Gasteiger partial charge in [-0.25, -0.2) is 14.5 Å². The molecule has 3 N–H and O–H groups in total. The molecule has 1 aliphatic heterocycles. The standard InChI is InChI=1S/C25H38N6O5/c1-15-7-10-18-21(29-30(22(18)28-15)12-6-11-27-24(33)35-5)16(2)31(17-8-9-17)23(32)19-13-26-14-20(36-19)25(3,4)34/h7,10,16-17,19-20,26,34H,6,8-9,11-14H2,1-5H3,(H,27,33)/t16-,19-,20+/m1/s1. The van der Waals surface area contributed by atoms with Crippen LogP contribution in [0, 0.1) is 6.92 Å². The van der Waals surface area contributed by atoms with Crippen LogP contribution in [0.3, 0.4) is 0 Å². The normalized spacial score (nSPS) is 21.3. The monoisotopic (exact) mass is 502 g/mol. The van der Waals surface area contributed by atoms with E-state index in [4.69, 9.17) is 14.8 Å². The summed E-state index contributed by atoms with van der Waals surface area (Å²) in [6.07, 6.45) is 0.938. The maximum atomic E-state index is 13.7. The molecule has 1 saturated carbocycles. The van der Waals surface area contributed by atoms with Crippen LogP contribution in [0.25, 0.3) is 11.0 Å². The van der Waals surface area contributed by atoms with Crippen LogP contribution in [-0.4, -0.2) is 87.4 Å². The summed E-state index contributed by atoms with van der Waals surface area (Å²) in [7, 11) is 1.34. The van der Waals surface area contributed by atoms with Crippen molar-refractivity contribution in [3.8, 4) is 0 Å². The summed E-state index contributed by atoms with van der Waals surface area (Å²) in [5.74, 6) is -0.0866. The van der Waals surface area contributed by atoms with Gasteiger partial charge in [-0.15, -0.1) is 0 Å². The van der Waals surface area contributed by atoms with Crippen LogP contribution in [0.4, 0.5) is 4.79 Å². The molecule has 3 heterocycles. The number of hydrogen-bond acceptors (Lipinski definition) is 8. The first-order valence-corrected chi connectivity index (χ1v) is 12.7. The molecule has 0 spiro atoms. The Morgan fingerprint density at radius 1 is 1.36 bits per heavy atom. The van der Waals surface area contributed by atoms with Crippen LogP contribution in [0.1, 0.15) is 57.5 Å². The van der Waals surface area contributed by atoms with Crippen molar-refractivity contribution in [3.05, 3.63) is 23.5 Å². The average Bonchev–Trinajstić information content (AvgIpc) is 3.62. The Balaban J connectivity index is 1.57. The summed E-state index contributed by atoms with van der Waals surface area (Å²) in [6, 6.07) is 3.83. The number of nitrogens with one attached hydrogen (secondary N) is 2. The zero-order valence-electron chi connectivity index (χ0n) is 21.8. The van der Waals surface area contributed by atoms with Gasteiger partial charge < -0.3 is 30.1 Å². The molecule has 0 aromatic carbocycles. The molecule has 0 unspecified atom stereocenters. The van der Waals surface area contributed by atoms with Gasteiger partial charge in [-0.1, -0.05) is 0 Å². The molecule has 1 saturated heterocycles. The summed E-state index contributed by atoms with van der Waals surface area (Å²) in [5.41, 5.74) is 1.38. The Kier molecular flexibility index (Phi) is 7.82. The van der Waals surface area contributed by atoms with Crippen molar-refractivity contribution in [1.29, 1.82) is 0 Å². The third kappa shape index (κ3) is 5.79. The first kappa shape index (κ1) is 26.3. The summed E-state index contributed by atoms with van der Waals surface area (Å²) >= 11 is 0. The molecule has 0 bridgehead atoms. The highest BCUT2D eigenvalue weighted by Crippen LogP contribution is 2.37. The van der Waals surface area contributed by atoms with Gasteiger partial charge in [0.15, 0.2) is 5.65 Å². The molecule has 3 atom stereocenters. The van der Waals surface area contributed by atoms with Crippen LogP contribution in [0.15, 0.2) is 12.1 Å². The minimum absolute atomic E-state index is 0.0866. The minimum Gasteiger partial charge on any atom is -0.453 e. The number of pyridine rings is 1. The Morgan fingerprint density at radius 3 is 2.78 bits per heavy atom. The van der Waals surface area contributed by atoms with Gasteiger partial charge in [0.2, 0.25) is 0 Å². The molecule has 11 nitrogen and oxygen atoms in total. The Labute approximate surface area is 211 Å². The fourth-order valence-electron chi connectivity index (χ4n) is 4.67. The molecule has 1 aliphatic carbocycles. The van der Waals surface area contributed by atoms with Crippen molar-refractivity contribution in [2.75, 3.05) is 26.7 Å². The second kappa shape index (κ2) is 10.7. The molecule has 2 amide bonds. The lowest BCUT2D eigenvalue weighted by Gasteiger charge is -2.39. The number of morpholine rings is 1. The molecular weight excluding hydrogens is 464 g/mol. The van der Waals surface area contributed by atoms with E-state index in [9.17, 15) is 14.7 Å². The number of fused-ring (bicyclic) bond motifs is 1. The predicted molar refractivity (Wildman–Crippen MR) is 133 cm³/mol. The number of amides is 2. The number of methoxy groups -OCH3 is 1. The molecule has 2 aromatic heterocycles. The van der Waals surface area contributed by atoms with Crippen molar-refractivity contribution in [2.45, 2.75) is 83.4 Å². The number of aryl methyl sites for hydroxylation is 2. The minimum atomic E-state index is -1.05. The third-order valence-corrected chi connectivity index (χ3v) is 6.82. The molecule has 2 aliphatic rings. The number of aromatic nitrogens is 3. The first-order chi connectivity index (χ1) is 17.1. The van der Waals surface area contributed by atoms with Crippen molar-refractivity contribution in [3.63, 3.8) is 0 Å². The topological polar surface area (TPSA) is 131 Å². The van der Waals surface area contributed by atoms with E-state index in [0.717, 1.165) is 35.3 Å². The molecule has 0 radical (unpaired) electrons. The lowest BCUT2D eigenvalue weighted by molar-refractivity contribution is -0.168. The quantitative estimate of drug-likeness (QED) is 0.442. The Hall–Kier alpha value is -2.76. The highest BCUT2D eigenvalue weighted by Gasteiger charge is 2.43. The van der Waals surface area contributed by atoms with Gasteiger partial charge in [0.25, 0.3) is 5.91 Å². The fraction of sp³-hybridized carbons (Fsp3) is 0.680. The summed E-state index contributed by atoms with van der Waals surface area (Å²) in [6.45, 7) is 9.25. The highest BCUT2D eigenvalue weighted by molar-refractivity contribution is 5.84. The number of alkyl carbamates (subject to hydrolysis) is 1. The van der Waals surface area contributed by atoms with Crippen LogP contribution >= 0.6 is 0 Å². The number of rotatable bonds is 9. The van der Waals surface area contributed by atoms with Gasteiger partial charge in [0.1, 0.15) is 6.10 Å². The van der Waals surface area contributed by atoms with Crippen molar-refractivity contribution >= 4 is 23.0 Å². The molecule has 11 heteroatoms. The second-order valence-electron chi connectivity index (χ2n) is 10.3. The van der Waals surface area contributed by atoms with Crippen LogP contribution < -0.4 is 10.6 Å². The second-order valence-corrected chi connectivity index (χ2v) is 10.3. The first-order valence-electron chi connectivity index (χ1n) is 12.7. The number of ether oxygens (including phenoxy) is 2. The average molecular weight is 503 g/mol. The maximum Gasteiger partial charge on any atom is 0.406 e. The molecule has 198 valence electrons. The van der Waals surface area contributed by atoms with Gasteiger partial charge in [0.05, 0.1) is 30.6 Å². The van der Waals surface area contributed by atoms with E-state index in [1.807, 2.05) is 35.6 Å². The SMILES string of the molecule is COC(=O)NCCCn1nc([C@@H](C)N(C(=O)[C@H]2CNC[C@@H](C(C)(C)O)O2)C2CC2)c2ccc(C)nc21. The van der Waals surface area contributed by atoms with E-state index < -0.39 is 23.9 Å². The number of aliphatic hydroxyl groups is 1. The zero-order chi connectivity index (χ0) is 26.0. The predicted octanol–water partition coefficient (Wildman–Crippen LogP) is 1.67. The molecule has 4 rings (SSSR count). The van der Waals surface area contributed by atoms with Crippen molar-refractivity contribution in [1.82, 2.24) is 30.3 Å². The smallest absolute Gasteiger partial charge is 0.406 e. The highest BCUT2D eigenvalue weighted by atomic mass is 16.5. The summed E-state index contributed by atoms with van der Waals surface area (Å²) in [5, 5.41) is 22.2. The van der Waals surface area contributed by atoms with Crippen LogP contribution in [-0.2, 0) is 20.8 Å². The third-order valence-electron chi connectivity index (χ3n) is 6.82. The lowest BCUT2D eigenvalue weighted by Crippen LogP contribution is -2.58.